The molecule has 3 heterocycles. The molecule has 0 unspecified atom stereocenters. The molecule has 1 atom stereocenters. The molecule has 0 radical (unpaired) electrons. The molecule has 1 aromatic heterocycles. The van der Waals surface area contributed by atoms with Crippen LogP contribution < -0.4 is 0 Å². The second-order valence-electron chi connectivity index (χ2n) is 16.0. The summed E-state index contributed by atoms with van der Waals surface area (Å²) in [5.74, 6) is 6.44. The first-order valence-electron chi connectivity index (χ1n) is 20.5. The number of carbonyl (C=O) groups is 3. The number of aromatic nitrogens is 1. The molecule has 0 N–H and O–H groups in total. The van der Waals surface area contributed by atoms with Crippen LogP contribution in [0.2, 0.25) is 0 Å². The average molecular weight is 754 g/mol. The van der Waals surface area contributed by atoms with Crippen molar-refractivity contribution in [3.05, 3.63) is 117 Å². The van der Waals surface area contributed by atoms with Crippen molar-refractivity contribution in [2.75, 3.05) is 40.3 Å². The minimum Gasteiger partial charge on any atom is -0.347 e. The average Bonchev–Trinajstić information content (AvgIpc) is 3.49. The van der Waals surface area contributed by atoms with Gasteiger partial charge in [-0.3, -0.25) is 19.3 Å². The lowest BCUT2D eigenvalue weighted by molar-refractivity contribution is -0.131. The van der Waals surface area contributed by atoms with Crippen LogP contribution >= 0.6 is 0 Å². The Morgan fingerprint density at radius 2 is 1.54 bits per heavy atom. The number of unbranched alkanes of at least 4 members (excludes halogenated alkanes) is 2. The Balaban J connectivity index is 1.33. The van der Waals surface area contributed by atoms with Gasteiger partial charge in [0.05, 0.1) is 18.5 Å². The highest BCUT2D eigenvalue weighted by molar-refractivity contribution is 6.03. The molecular formula is C48H59N5O3. The van der Waals surface area contributed by atoms with Crippen LogP contribution in [0.1, 0.15) is 106 Å². The van der Waals surface area contributed by atoms with Crippen molar-refractivity contribution in [2.45, 2.75) is 91.8 Å². The summed E-state index contributed by atoms with van der Waals surface area (Å²) in [7, 11) is 5.99. The quantitative estimate of drug-likeness (QED) is 0.139. The lowest BCUT2D eigenvalue weighted by Gasteiger charge is -2.36. The Kier molecular flexibility index (Phi) is 13.2. The molecule has 3 aromatic carbocycles. The van der Waals surface area contributed by atoms with Gasteiger partial charge in [-0.2, -0.15) is 0 Å². The normalized spacial score (nSPS) is 14.9. The van der Waals surface area contributed by atoms with Crippen molar-refractivity contribution >= 4 is 17.7 Å². The van der Waals surface area contributed by atoms with Gasteiger partial charge in [0, 0.05) is 73.9 Å². The van der Waals surface area contributed by atoms with Crippen molar-refractivity contribution in [3.63, 3.8) is 0 Å². The maximum absolute atomic E-state index is 14.9. The molecule has 0 spiro atoms. The number of fused-ring (bicyclic) bond motifs is 2. The summed E-state index contributed by atoms with van der Waals surface area (Å²) in [4.78, 5) is 50.7. The zero-order valence-corrected chi connectivity index (χ0v) is 34.6. The molecule has 294 valence electrons. The predicted octanol–water partition coefficient (Wildman–Crippen LogP) is 7.67. The Labute approximate surface area is 334 Å². The largest absolute Gasteiger partial charge is 0.347 e. The molecule has 3 amide bonds. The smallest absolute Gasteiger partial charge is 0.255 e. The fourth-order valence-corrected chi connectivity index (χ4v) is 7.97. The van der Waals surface area contributed by atoms with Crippen LogP contribution in [0, 0.1) is 18.8 Å². The summed E-state index contributed by atoms with van der Waals surface area (Å²) in [6.45, 7) is 12.2. The van der Waals surface area contributed by atoms with Gasteiger partial charge in [-0.1, -0.05) is 74.9 Å². The lowest BCUT2D eigenvalue weighted by atomic mass is 9.89. The third kappa shape index (κ3) is 9.11. The Hall–Kier alpha value is -5.13. The number of hydrogen-bond acceptors (Lipinski definition) is 4. The van der Waals surface area contributed by atoms with E-state index in [1.165, 1.54) is 11.1 Å². The van der Waals surface area contributed by atoms with Gasteiger partial charge in [0.2, 0.25) is 5.91 Å². The van der Waals surface area contributed by atoms with Gasteiger partial charge < -0.3 is 19.3 Å². The van der Waals surface area contributed by atoms with E-state index >= 15 is 0 Å². The Bertz CT molecular complexity index is 2110. The van der Waals surface area contributed by atoms with E-state index in [1.807, 2.05) is 90.1 Å². The zero-order chi connectivity index (χ0) is 39.9. The van der Waals surface area contributed by atoms with Crippen LogP contribution in [0.4, 0.5) is 0 Å². The van der Waals surface area contributed by atoms with E-state index in [0.29, 0.717) is 50.1 Å². The van der Waals surface area contributed by atoms with Crippen molar-refractivity contribution < 1.29 is 14.4 Å². The molecule has 0 aliphatic carbocycles. The maximum atomic E-state index is 14.9. The van der Waals surface area contributed by atoms with E-state index in [1.54, 1.807) is 0 Å². The van der Waals surface area contributed by atoms with Crippen LogP contribution in [0.25, 0.3) is 11.3 Å². The summed E-state index contributed by atoms with van der Waals surface area (Å²) < 4.78 is 2.08. The Morgan fingerprint density at radius 3 is 2.21 bits per heavy atom. The summed E-state index contributed by atoms with van der Waals surface area (Å²) in [5.41, 5.74) is 10.4. The van der Waals surface area contributed by atoms with Crippen LogP contribution in [0.15, 0.2) is 66.7 Å². The number of benzene rings is 3. The minimum atomic E-state index is -0.0266. The highest BCUT2D eigenvalue weighted by Gasteiger charge is 2.32. The second kappa shape index (κ2) is 18.2. The molecule has 0 bridgehead atoms. The third-order valence-corrected chi connectivity index (χ3v) is 11.5. The maximum Gasteiger partial charge on any atom is 0.255 e. The van der Waals surface area contributed by atoms with E-state index in [2.05, 4.69) is 61.4 Å². The number of amides is 3. The second-order valence-corrected chi connectivity index (χ2v) is 16.0. The van der Waals surface area contributed by atoms with E-state index in [9.17, 15) is 14.4 Å². The van der Waals surface area contributed by atoms with Gasteiger partial charge in [-0.15, -0.1) is 0 Å². The Morgan fingerprint density at radius 1 is 0.839 bits per heavy atom. The van der Waals surface area contributed by atoms with Crippen LogP contribution in [-0.2, 0) is 44.2 Å². The highest BCUT2D eigenvalue weighted by Crippen LogP contribution is 2.35. The number of carbonyl (C=O) groups excluding carboxylic acids is 3. The molecule has 2 aliphatic rings. The SMILES string of the molecule is CCCCN(CCCC)C(=O)c1cc(-c2cc3c(cc2C(=O)N2Cc4ccccc4C[C@H]2C)CN(C(=O)Cc2ccc(C#CCN(C)C)cc2)CC3)n(C)c1C. The fraction of sp³-hybridized carbons (Fsp3) is 0.438. The predicted molar refractivity (Wildman–Crippen MR) is 225 cm³/mol. The van der Waals surface area contributed by atoms with Crippen molar-refractivity contribution in [1.29, 1.82) is 0 Å². The molecule has 0 saturated carbocycles. The summed E-state index contributed by atoms with van der Waals surface area (Å²) >= 11 is 0. The number of nitrogens with zero attached hydrogens (tertiary/aromatic N) is 5. The van der Waals surface area contributed by atoms with Gasteiger partial charge in [-0.05, 0) is 112 Å². The lowest BCUT2D eigenvalue weighted by Crippen LogP contribution is -2.43. The number of hydrogen-bond donors (Lipinski definition) is 0. The van der Waals surface area contributed by atoms with Crippen LogP contribution in [-0.4, -0.2) is 88.2 Å². The van der Waals surface area contributed by atoms with Crippen LogP contribution in [0.3, 0.4) is 0 Å². The molecule has 8 heteroatoms. The highest BCUT2D eigenvalue weighted by atomic mass is 16.2. The first-order chi connectivity index (χ1) is 27.0. The van der Waals surface area contributed by atoms with E-state index in [4.69, 9.17) is 0 Å². The van der Waals surface area contributed by atoms with Crippen molar-refractivity contribution in [2.24, 2.45) is 7.05 Å². The topological polar surface area (TPSA) is 69.1 Å². The number of rotatable bonds is 12. The van der Waals surface area contributed by atoms with Gasteiger partial charge >= 0.3 is 0 Å². The molecule has 0 fully saturated rings. The molecule has 8 nitrogen and oxygen atoms in total. The van der Waals surface area contributed by atoms with E-state index in [-0.39, 0.29) is 23.8 Å². The van der Waals surface area contributed by atoms with Crippen molar-refractivity contribution in [3.8, 4) is 23.1 Å². The monoisotopic (exact) mass is 753 g/mol. The molecular weight excluding hydrogens is 695 g/mol. The first-order valence-corrected chi connectivity index (χ1v) is 20.5. The molecule has 4 aromatic rings. The molecule has 0 saturated heterocycles. The zero-order valence-electron chi connectivity index (χ0n) is 34.6. The minimum absolute atomic E-state index is 0.0164. The molecule has 6 rings (SSSR count). The third-order valence-electron chi connectivity index (χ3n) is 11.5. The van der Waals surface area contributed by atoms with Crippen molar-refractivity contribution in [1.82, 2.24) is 24.2 Å². The van der Waals surface area contributed by atoms with Gasteiger partial charge in [0.15, 0.2) is 0 Å². The van der Waals surface area contributed by atoms with Gasteiger partial charge in [0.25, 0.3) is 11.8 Å². The summed E-state index contributed by atoms with van der Waals surface area (Å²) in [6, 6.07) is 22.6. The fourth-order valence-electron chi connectivity index (χ4n) is 7.97. The standard InChI is InChI=1S/C48H59N5O3/c1-8-10-24-51(25-11-9-2)47(55)42-31-45(50(7)35(42)4)43-29-39-22-26-52(46(54)28-37-20-18-36(19-21-37)15-14-23-49(5)6)32-41(39)30-44(43)48(56)53-33-40-17-13-12-16-38(40)27-34(53)3/h12-13,16-21,29-31,34H,8-11,22-28,32-33H2,1-7H3/t34-/m1/s1. The van der Waals surface area contributed by atoms with E-state index < -0.39 is 0 Å². The molecule has 56 heavy (non-hydrogen) atoms. The van der Waals surface area contributed by atoms with Gasteiger partial charge in [-0.25, -0.2) is 0 Å². The summed E-state index contributed by atoms with van der Waals surface area (Å²) in [5, 5.41) is 0. The summed E-state index contributed by atoms with van der Waals surface area (Å²) in [6.07, 6.45) is 5.77. The van der Waals surface area contributed by atoms with Crippen LogP contribution in [0.5, 0.6) is 0 Å². The van der Waals surface area contributed by atoms with Gasteiger partial charge in [0.1, 0.15) is 0 Å². The first kappa shape index (κ1) is 40.5. The van der Waals surface area contributed by atoms with E-state index in [0.717, 1.165) is 84.4 Å². The molecule has 2 aliphatic heterocycles.